The van der Waals surface area contributed by atoms with Crippen LogP contribution in [0.1, 0.15) is 23.3 Å². The maximum Gasteiger partial charge on any atom is 0.191 e. The van der Waals surface area contributed by atoms with Crippen LogP contribution >= 0.6 is 35.3 Å². The van der Waals surface area contributed by atoms with Crippen LogP contribution in [0.25, 0.3) is 0 Å². The number of hydrogen-bond donors (Lipinski definition) is 2. The second-order valence-electron chi connectivity index (χ2n) is 6.08. The fraction of sp³-hybridized carbons (Fsp3) is 0.688. The lowest BCUT2D eigenvalue weighted by Crippen LogP contribution is -2.51. The van der Waals surface area contributed by atoms with Crippen molar-refractivity contribution >= 4 is 41.3 Å². The Bertz CT molecular complexity index is 522. The zero-order valence-electron chi connectivity index (χ0n) is 13.9. The summed E-state index contributed by atoms with van der Waals surface area (Å²) >= 11 is 1.78. The van der Waals surface area contributed by atoms with Gasteiger partial charge in [0.2, 0.25) is 0 Å². The Kier molecular flexibility index (Phi) is 7.58. The van der Waals surface area contributed by atoms with E-state index in [2.05, 4.69) is 38.9 Å². The SMILES string of the molecule is CN=C(NCc1sccc1C)NCC1CN2CCCC2CO1.I. The number of aryl methyl sites for hydroxylation is 1. The van der Waals surface area contributed by atoms with Gasteiger partial charge in [0.15, 0.2) is 5.96 Å². The van der Waals surface area contributed by atoms with E-state index in [9.17, 15) is 0 Å². The van der Waals surface area contributed by atoms with Gasteiger partial charge in [0.1, 0.15) is 0 Å². The number of halogens is 1. The van der Waals surface area contributed by atoms with E-state index in [-0.39, 0.29) is 30.1 Å². The van der Waals surface area contributed by atoms with Gasteiger partial charge in [-0.2, -0.15) is 0 Å². The van der Waals surface area contributed by atoms with Gasteiger partial charge >= 0.3 is 0 Å². The largest absolute Gasteiger partial charge is 0.373 e. The second kappa shape index (κ2) is 9.19. The number of guanidine groups is 1. The van der Waals surface area contributed by atoms with Crippen LogP contribution in [0.2, 0.25) is 0 Å². The molecule has 23 heavy (non-hydrogen) atoms. The molecule has 2 fully saturated rings. The van der Waals surface area contributed by atoms with Crippen molar-refractivity contribution in [2.24, 2.45) is 4.99 Å². The molecule has 130 valence electrons. The summed E-state index contributed by atoms with van der Waals surface area (Å²) in [5.74, 6) is 0.847. The average Bonchev–Trinajstić information content (AvgIpc) is 3.15. The van der Waals surface area contributed by atoms with Crippen molar-refractivity contribution in [2.45, 2.75) is 38.5 Å². The van der Waals surface area contributed by atoms with E-state index in [1.165, 1.54) is 29.8 Å². The molecule has 2 atom stereocenters. The molecule has 2 aliphatic heterocycles. The zero-order valence-corrected chi connectivity index (χ0v) is 17.0. The van der Waals surface area contributed by atoms with Crippen molar-refractivity contribution in [1.29, 1.82) is 0 Å². The number of fused-ring (bicyclic) bond motifs is 1. The van der Waals surface area contributed by atoms with E-state index in [1.54, 1.807) is 11.3 Å². The molecule has 1 aromatic heterocycles. The van der Waals surface area contributed by atoms with Crippen molar-refractivity contribution in [3.05, 3.63) is 21.9 Å². The first-order valence-electron chi connectivity index (χ1n) is 8.09. The number of nitrogens with one attached hydrogen (secondary N) is 2. The summed E-state index contributed by atoms with van der Waals surface area (Å²) in [7, 11) is 1.81. The average molecular weight is 450 g/mol. The van der Waals surface area contributed by atoms with Crippen LogP contribution < -0.4 is 10.6 Å². The highest BCUT2D eigenvalue weighted by Gasteiger charge is 2.32. The van der Waals surface area contributed by atoms with Crippen molar-refractivity contribution in [1.82, 2.24) is 15.5 Å². The first kappa shape index (κ1) is 19.0. The van der Waals surface area contributed by atoms with Crippen molar-refractivity contribution in [2.75, 3.05) is 33.3 Å². The Morgan fingerprint density at radius 2 is 2.35 bits per heavy atom. The van der Waals surface area contributed by atoms with Crippen molar-refractivity contribution in [3.8, 4) is 0 Å². The quantitative estimate of drug-likeness (QED) is 0.420. The van der Waals surface area contributed by atoms with Crippen LogP contribution in [-0.2, 0) is 11.3 Å². The zero-order chi connectivity index (χ0) is 15.4. The van der Waals surface area contributed by atoms with Crippen LogP contribution in [0.15, 0.2) is 16.4 Å². The Labute approximate surface area is 159 Å². The smallest absolute Gasteiger partial charge is 0.191 e. The van der Waals surface area contributed by atoms with Gasteiger partial charge in [0.05, 0.1) is 19.3 Å². The maximum absolute atomic E-state index is 5.97. The highest BCUT2D eigenvalue weighted by Crippen LogP contribution is 2.22. The van der Waals surface area contributed by atoms with Crippen molar-refractivity contribution in [3.63, 3.8) is 0 Å². The molecule has 5 nitrogen and oxygen atoms in total. The van der Waals surface area contributed by atoms with Gasteiger partial charge in [0.25, 0.3) is 0 Å². The van der Waals surface area contributed by atoms with Gasteiger partial charge in [-0.1, -0.05) is 0 Å². The molecule has 3 rings (SSSR count). The molecular weight excluding hydrogens is 423 g/mol. The molecule has 7 heteroatoms. The summed E-state index contributed by atoms with van der Waals surface area (Å²) in [4.78, 5) is 8.23. The number of morpholine rings is 1. The Morgan fingerprint density at radius 3 is 3.09 bits per heavy atom. The monoisotopic (exact) mass is 450 g/mol. The fourth-order valence-corrected chi connectivity index (χ4v) is 4.04. The predicted molar refractivity (Wildman–Crippen MR) is 107 cm³/mol. The molecule has 0 aromatic carbocycles. The molecule has 0 spiro atoms. The van der Waals surface area contributed by atoms with E-state index in [0.29, 0.717) is 6.04 Å². The van der Waals surface area contributed by atoms with Crippen molar-refractivity contribution < 1.29 is 4.74 Å². The summed E-state index contributed by atoms with van der Waals surface area (Å²) < 4.78 is 5.97. The van der Waals surface area contributed by atoms with Gasteiger partial charge in [-0.25, -0.2) is 0 Å². The molecule has 0 saturated carbocycles. The first-order chi connectivity index (χ1) is 10.8. The van der Waals surface area contributed by atoms with E-state index < -0.39 is 0 Å². The van der Waals surface area contributed by atoms with Crippen LogP contribution in [0.4, 0.5) is 0 Å². The van der Waals surface area contributed by atoms with Gasteiger partial charge in [-0.15, -0.1) is 35.3 Å². The number of ether oxygens (including phenoxy) is 1. The third-order valence-electron chi connectivity index (χ3n) is 4.57. The number of thiophene rings is 1. The summed E-state index contributed by atoms with van der Waals surface area (Å²) in [5.41, 5.74) is 1.34. The highest BCUT2D eigenvalue weighted by atomic mass is 127. The molecule has 2 saturated heterocycles. The van der Waals surface area contributed by atoms with Gasteiger partial charge in [-0.3, -0.25) is 9.89 Å². The highest BCUT2D eigenvalue weighted by molar-refractivity contribution is 14.0. The second-order valence-corrected chi connectivity index (χ2v) is 7.08. The van der Waals surface area contributed by atoms with E-state index in [1.807, 2.05) is 7.05 Å². The molecular formula is C16H27IN4OS. The molecule has 2 aliphatic rings. The van der Waals surface area contributed by atoms with Gasteiger partial charge in [-0.05, 0) is 43.3 Å². The molecule has 2 N–H and O–H groups in total. The minimum atomic E-state index is 0. The number of rotatable bonds is 4. The van der Waals surface area contributed by atoms with Crippen LogP contribution in [0, 0.1) is 6.92 Å². The third-order valence-corrected chi connectivity index (χ3v) is 5.59. The number of aliphatic imine (C=N–C) groups is 1. The molecule has 0 radical (unpaired) electrons. The minimum absolute atomic E-state index is 0. The summed E-state index contributed by atoms with van der Waals surface area (Å²) in [5, 5.41) is 8.90. The first-order valence-corrected chi connectivity index (χ1v) is 8.97. The standard InChI is InChI=1S/C16H26N4OS.HI/c1-12-5-7-22-15(12)9-19-16(17-2)18-8-14-10-20-6-3-4-13(20)11-21-14;/h5,7,13-14H,3-4,6,8-11H2,1-2H3,(H2,17,18,19);1H. The molecule has 3 heterocycles. The summed E-state index contributed by atoms with van der Waals surface area (Å²) in [6.07, 6.45) is 2.87. The lowest BCUT2D eigenvalue weighted by Gasteiger charge is -2.35. The predicted octanol–water partition coefficient (Wildman–Crippen LogP) is 2.20. The topological polar surface area (TPSA) is 48.9 Å². The lowest BCUT2D eigenvalue weighted by molar-refractivity contribution is -0.0453. The molecule has 1 aromatic rings. The molecule has 0 aliphatic carbocycles. The minimum Gasteiger partial charge on any atom is -0.373 e. The van der Waals surface area contributed by atoms with E-state index in [0.717, 1.165) is 32.2 Å². The molecule has 0 amide bonds. The van der Waals surface area contributed by atoms with Crippen LogP contribution in [0.5, 0.6) is 0 Å². The van der Waals surface area contributed by atoms with Crippen LogP contribution in [-0.4, -0.2) is 56.3 Å². The molecule has 2 unspecified atom stereocenters. The Morgan fingerprint density at radius 1 is 1.48 bits per heavy atom. The Balaban J connectivity index is 0.00000192. The number of hydrogen-bond acceptors (Lipinski definition) is 4. The lowest BCUT2D eigenvalue weighted by atomic mass is 10.2. The summed E-state index contributed by atoms with van der Waals surface area (Å²) in [6.45, 7) is 6.93. The maximum atomic E-state index is 5.97. The Hall–Kier alpha value is -0.380. The van der Waals surface area contributed by atoms with Gasteiger partial charge in [0, 0.05) is 31.1 Å². The van der Waals surface area contributed by atoms with Gasteiger partial charge < -0.3 is 15.4 Å². The van der Waals surface area contributed by atoms with Crippen LogP contribution in [0.3, 0.4) is 0 Å². The molecule has 0 bridgehead atoms. The van der Waals surface area contributed by atoms with E-state index in [4.69, 9.17) is 4.74 Å². The fourth-order valence-electron chi connectivity index (χ4n) is 3.19. The van der Waals surface area contributed by atoms with E-state index >= 15 is 0 Å². The summed E-state index contributed by atoms with van der Waals surface area (Å²) in [6, 6.07) is 2.82. The number of nitrogens with zero attached hydrogens (tertiary/aromatic N) is 2. The normalized spacial score (nSPS) is 24.9. The third kappa shape index (κ3) is 5.04.